The van der Waals surface area contributed by atoms with Crippen LogP contribution in [-0.2, 0) is 4.74 Å². The highest BCUT2D eigenvalue weighted by atomic mass is 16.5. The summed E-state index contributed by atoms with van der Waals surface area (Å²) in [5.41, 5.74) is 0. The van der Waals surface area contributed by atoms with Gasteiger partial charge in [0.15, 0.2) is 0 Å². The van der Waals surface area contributed by atoms with E-state index in [9.17, 15) is 0 Å². The average molecular weight is 201 g/mol. The topological polar surface area (TPSA) is 21.3 Å². The molecule has 0 saturated carbocycles. The molecule has 0 saturated heterocycles. The van der Waals surface area contributed by atoms with Crippen molar-refractivity contribution in [3.8, 4) is 0 Å². The fraction of sp³-hybridized carbons (Fsp3) is 1.00. The lowest BCUT2D eigenvalue weighted by Gasteiger charge is -2.19. The lowest BCUT2D eigenvalue weighted by Crippen LogP contribution is -2.33. The maximum Gasteiger partial charge on any atom is 0.0615 e. The highest BCUT2D eigenvalue weighted by Crippen LogP contribution is 2.16. The zero-order chi connectivity index (χ0) is 10.8. The Kier molecular flexibility index (Phi) is 9.42. The molecule has 0 fully saturated rings. The molecule has 2 nitrogen and oxygen atoms in total. The summed E-state index contributed by atoms with van der Waals surface area (Å²) < 4.78 is 5.19. The minimum atomic E-state index is 0.547. The molecule has 14 heavy (non-hydrogen) atoms. The first-order chi connectivity index (χ1) is 6.78. The highest BCUT2D eigenvalue weighted by Gasteiger charge is 2.10. The highest BCUT2D eigenvalue weighted by molar-refractivity contribution is 4.67. The number of rotatable bonds is 9. The maximum atomic E-state index is 5.19. The van der Waals surface area contributed by atoms with Gasteiger partial charge >= 0.3 is 0 Å². The Hall–Kier alpha value is -0.0800. The van der Waals surface area contributed by atoms with Crippen molar-refractivity contribution in [2.24, 2.45) is 5.92 Å². The van der Waals surface area contributed by atoms with Gasteiger partial charge in [-0.1, -0.05) is 33.6 Å². The minimum Gasteiger partial charge on any atom is -0.383 e. The van der Waals surface area contributed by atoms with Gasteiger partial charge in [0.1, 0.15) is 0 Å². The summed E-state index contributed by atoms with van der Waals surface area (Å²) >= 11 is 0. The van der Waals surface area contributed by atoms with Crippen LogP contribution in [0.2, 0.25) is 0 Å². The molecule has 0 heterocycles. The van der Waals surface area contributed by atoms with Crippen LogP contribution in [0.4, 0.5) is 0 Å². The molecule has 0 radical (unpaired) electrons. The normalized spacial score (nSPS) is 13.5. The Bertz CT molecular complexity index is 107. The minimum absolute atomic E-state index is 0.547. The summed E-state index contributed by atoms with van der Waals surface area (Å²) in [5.74, 6) is 0.896. The van der Waals surface area contributed by atoms with Gasteiger partial charge in [0.2, 0.25) is 0 Å². The van der Waals surface area contributed by atoms with Gasteiger partial charge in [-0.2, -0.15) is 0 Å². The lowest BCUT2D eigenvalue weighted by atomic mass is 9.95. The molecule has 0 aliphatic heterocycles. The third-order valence-electron chi connectivity index (χ3n) is 2.94. The van der Waals surface area contributed by atoms with Crippen molar-refractivity contribution < 1.29 is 4.74 Å². The molecule has 0 aromatic heterocycles. The molecular weight excluding hydrogens is 174 g/mol. The first-order valence-corrected chi connectivity index (χ1v) is 6.00. The molecule has 0 bridgehead atoms. The smallest absolute Gasteiger partial charge is 0.0615 e. The third kappa shape index (κ3) is 6.39. The summed E-state index contributed by atoms with van der Waals surface area (Å²) in [6.45, 7) is 8.60. The number of ether oxygens (including phenoxy) is 1. The van der Waals surface area contributed by atoms with Gasteiger partial charge in [0, 0.05) is 13.2 Å². The molecule has 0 aromatic rings. The van der Waals surface area contributed by atoms with Crippen LogP contribution in [0, 0.1) is 5.92 Å². The van der Waals surface area contributed by atoms with E-state index in [1.165, 1.54) is 25.7 Å². The largest absolute Gasteiger partial charge is 0.383 e. The molecule has 0 spiro atoms. The van der Waals surface area contributed by atoms with Gasteiger partial charge in [-0.25, -0.2) is 0 Å². The van der Waals surface area contributed by atoms with E-state index in [4.69, 9.17) is 4.74 Å². The quantitative estimate of drug-likeness (QED) is 0.619. The number of likely N-dealkylation sites (N-methyl/N-ethyl adjacent to an activating group) is 1. The number of nitrogens with one attached hydrogen (secondary N) is 1. The van der Waals surface area contributed by atoms with E-state index in [2.05, 4.69) is 26.1 Å². The second-order valence-electron chi connectivity index (χ2n) is 3.97. The van der Waals surface area contributed by atoms with Crippen LogP contribution in [0.25, 0.3) is 0 Å². The number of methoxy groups -OCH3 is 1. The lowest BCUT2D eigenvalue weighted by molar-refractivity contribution is 0.159. The van der Waals surface area contributed by atoms with Crippen molar-refractivity contribution in [3.63, 3.8) is 0 Å². The molecule has 0 rings (SSSR count). The molecule has 2 heteroatoms. The SMILES string of the molecule is CCNC(CCC(CC)CC)COC. The van der Waals surface area contributed by atoms with Crippen molar-refractivity contribution in [1.29, 1.82) is 0 Å². The van der Waals surface area contributed by atoms with Gasteiger partial charge in [0.25, 0.3) is 0 Å². The van der Waals surface area contributed by atoms with Gasteiger partial charge in [0.05, 0.1) is 6.61 Å². The Morgan fingerprint density at radius 1 is 1.07 bits per heavy atom. The van der Waals surface area contributed by atoms with Gasteiger partial charge in [-0.15, -0.1) is 0 Å². The van der Waals surface area contributed by atoms with E-state index < -0.39 is 0 Å². The summed E-state index contributed by atoms with van der Waals surface area (Å²) in [6.07, 6.45) is 5.19. The maximum absolute atomic E-state index is 5.19. The van der Waals surface area contributed by atoms with Crippen LogP contribution in [0.3, 0.4) is 0 Å². The van der Waals surface area contributed by atoms with Crippen molar-refractivity contribution >= 4 is 0 Å². The molecule has 0 aliphatic carbocycles. The summed E-state index contributed by atoms with van der Waals surface area (Å²) in [4.78, 5) is 0. The van der Waals surface area contributed by atoms with Gasteiger partial charge in [-0.3, -0.25) is 0 Å². The molecular formula is C12H27NO. The standard InChI is InChI=1S/C12H27NO/c1-5-11(6-2)8-9-12(10-14-4)13-7-3/h11-13H,5-10H2,1-4H3. The second-order valence-corrected chi connectivity index (χ2v) is 3.97. The van der Waals surface area contributed by atoms with E-state index in [1.54, 1.807) is 7.11 Å². The molecule has 1 N–H and O–H groups in total. The predicted molar refractivity (Wildman–Crippen MR) is 62.6 cm³/mol. The van der Waals surface area contributed by atoms with E-state index >= 15 is 0 Å². The van der Waals surface area contributed by atoms with E-state index in [-0.39, 0.29) is 0 Å². The van der Waals surface area contributed by atoms with E-state index in [1.807, 2.05) is 0 Å². The molecule has 1 atom stereocenters. The van der Waals surface area contributed by atoms with Crippen molar-refractivity contribution in [2.45, 2.75) is 52.5 Å². The van der Waals surface area contributed by atoms with Crippen LogP contribution in [-0.4, -0.2) is 26.3 Å². The van der Waals surface area contributed by atoms with E-state index in [0.717, 1.165) is 19.1 Å². The van der Waals surface area contributed by atoms with Crippen LogP contribution >= 0.6 is 0 Å². The second kappa shape index (κ2) is 9.47. The molecule has 1 unspecified atom stereocenters. The zero-order valence-corrected chi connectivity index (χ0v) is 10.3. The van der Waals surface area contributed by atoms with Crippen molar-refractivity contribution in [3.05, 3.63) is 0 Å². The van der Waals surface area contributed by atoms with Crippen LogP contribution in [0.1, 0.15) is 46.5 Å². The van der Waals surface area contributed by atoms with Crippen molar-refractivity contribution in [2.75, 3.05) is 20.3 Å². The van der Waals surface area contributed by atoms with Crippen molar-refractivity contribution in [1.82, 2.24) is 5.32 Å². The Labute approximate surface area is 89.4 Å². The predicted octanol–water partition coefficient (Wildman–Crippen LogP) is 2.83. The Balaban J connectivity index is 3.67. The van der Waals surface area contributed by atoms with E-state index in [0.29, 0.717) is 6.04 Å². The van der Waals surface area contributed by atoms with Gasteiger partial charge in [-0.05, 0) is 25.3 Å². The average Bonchev–Trinajstić information content (AvgIpc) is 2.20. The Morgan fingerprint density at radius 2 is 1.71 bits per heavy atom. The molecule has 86 valence electrons. The monoisotopic (exact) mass is 201 g/mol. The number of hydrogen-bond donors (Lipinski definition) is 1. The van der Waals surface area contributed by atoms with Crippen LogP contribution in [0.5, 0.6) is 0 Å². The summed E-state index contributed by atoms with van der Waals surface area (Å²) in [5, 5.41) is 3.46. The molecule has 0 aromatic carbocycles. The summed E-state index contributed by atoms with van der Waals surface area (Å²) in [7, 11) is 1.78. The fourth-order valence-corrected chi connectivity index (χ4v) is 1.87. The van der Waals surface area contributed by atoms with Crippen LogP contribution < -0.4 is 5.32 Å². The zero-order valence-electron chi connectivity index (χ0n) is 10.3. The fourth-order valence-electron chi connectivity index (χ4n) is 1.87. The Morgan fingerprint density at radius 3 is 2.14 bits per heavy atom. The van der Waals surface area contributed by atoms with Crippen LogP contribution in [0.15, 0.2) is 0 Å². The molecule has 0 aliphatic rings. The molecule has 0 amide bonds. The number of hydrogen-bond acceptors (Lipinski definition) is 2. The first kappa shape index (κ1) is 13.9. The summed E-state index contributed by atoms with van der Waals surface area (Å²) in [6, 6.07) is 0.547. The first-order valence-electron chi connectivity index (χ1n) is 6.00. The van der Waals surface area contributed by atoms with Gasteiger partial charge < -0.3 is 10.1 Å². The third-order valence-corrected chi connectivity index (χ3v) is 2.94.